The van der Waals surface area contributed by atoms with Crippen molar-refractivity contribution in [2.24, 2.45) is 16.5 Å². The van der Waals surface area contributed by atoms with Crippen molar-refractivity contribution in [3.63, 3.8) is 0 Å². The van der Waals surface area contributed by atoms with Crippen LogP contribution in [0.4, 0.5) is 0 Å². The highest BCUT2D eigenvalue weighted by Crippen LogP contribution is 1.93. The Kier molecular flexibility index (Phi) is 6.09. The van der Waals surface area contributed by atoms with E-state index in [1.165, 1.54) is 6.21 Å². The smallest absolute Gasteiger partial charge is 0.254 e. The molecule has 1 heterocycles. The number of rotatable bonds is 7. The summed E-state index contributed by atoms with van der Waals surface area (Å²) in [4.78, 5) is 26.3. The number of amides is 2. The van der Waals surface area contributed by atoms with Gasteiger partial charge < -0.3 is 11.5 Å². The summed E-state index contributed by atoms with van der Waals surface area (Å²) in [7, 11) is 0. The first-order chi connectivity index (χ1) is 9.54. The molecule has 0 bridgehead atoms. The van der Waals surface area contributed by atoms with E-state index in [4.69, 9.17) is 11.5 Å². The summed E-state index contributed by atoms with van der Waals surface area (Å²) in [6.45, 7) is 2.97. The maximum absolute atomic E-state index is 11.1. The average Bonchev–Trinajstić information content (AvgIpc) is 2.42. The fourth-order valence-corrected chi connectivity index (χ4v) is 1.58. The predicted molar refractivity (Wildman–Crippen MR) is 76.1 cm³/mol. The Morgan fingerprint density at radius 2 is 2.15 bits per heavy atom. The molecule has 0 aliphatic carbocycles. The normalized spacial score (nSPS) is 11.8. The van der Waals surface area contributed by atoms with Crippen LogP contribution in [0.3, 0.4) is 0 Å². The molecule has 0 aliphatic rings. The zero-order valence-electron chi connectivity index (χ0n) is 11.5. The van der Waals surface area contributed by atoms with Gasteiger partial charge in [-0.3, -0.25) is 14.6 Å². The fourth-order valence-electron chi connectivity index (χ4n) is 1.58. The van der Waals surface area contributed by atoms with Gasteiger partial charge in [-0.15, -0.1) is 0 Å². The second kappa shape index (κ2) is 7.83. The highest BCUT2D eigenvalue weighted by molar-refractivity contribution is 6.11. The molecule has 0 aliphatic heterocycles. The van der Waals surface area contributed by atoms with Gasteiger partial charge in [0.15, 0.2) is 18.9 Å². The van der Waals surface area contributed by atoms with Crippen LogP contribution in [0.1, 0.15) is 23.7 Å². The lowest BCUT2D eigenvalue weighted by Crippen LogP contribution is -2.35. The van der Waals surface area contributed by atoms with Crippen LogP contribution in [-0.4, -0.2) is 24.6 Å². The molecule has 0 aromatic carbocycles. The molecule has 6 nitrogen and oxygen atoms in total. The number of carbonyl (C=O) groups excluding carboxylic acids is 2. The Bertz CT molecular complexity index is 550. The first-order valence-corrected chi connectivity index (χ1v) is 6.33. The van der Waals surface area contributed by atoms with Crippen LogP contribution in [-0.2, 0) is 11.3 Å². The van der Waals surface area contributed by atoms with Gasteiger partial charge in [0.05, 0.1) is 12.1 Å². The Morgan fingerprint density at radius 3 is 2.75 bits per heavy atom. The number of carbonyl (C=O) groups is 2. The zero-order chi connectivity index (χ0) is 15.0. The van der Waals surface area contributed by atoms with Crippen LogP contribution in [0.15, 0.2) is 41.2 Å². The van der Waals surface area contributed by atoms with Crippen LogP contribution < -0.4 is 16.0 Å². The van der Waals surface area contributed by atoms with E-state index in [1.54, 1.807) is 24.4 Å². The number of nitrogens with two attached hydrogens (primary N) is 2. The molecule has 1 aromatic heterocycles. The molecule has 0 saturated heterocycles. The van der Waals surface area contributed by atoms with E-state index in [-0.39, 0.29) is 0 Å². The van der Waals surface area contributed by atoms with E-state index in [0.29, 0.717) is 24.2 Å². The summed E-state index contributed by atoms with van der Waals surface area (Å²) in [5, 5.41) is 0. The second-order valence-corrected chi connectivity index (χ2v) is 4.16. The third kappa shape index (κ3) is 5.01. The maximum atomic E-state index is 11.1. The van der Waals surface area contributed by atoms with Gasteiger partial charge in [-0.1, -0.05) is 13.0 Å². The highest BCUT2D eigenvalue weighted by atomic mass is 16.1. The standard InChI is InChI=1S/C14H18N4O2/c1-2-4-11(13(15)19)9-17-6-8-18-7-3-5-12(10-18)14(16)20/h3-5,7,9-10H,2,6,8H2,1H3,(H3-,15,16,19,20)/p+1/b11-4+,17-9?. The number of primary amides is 2. The van der Waals surface area contributed by atoms with Gasteiger partial charge in [0.1, 0.15) is 5.56 Å². The van der Waals surface area contributed by atoms with Crippen molar-refractivity contribution in [3.8, 4) is 0 Å². The molecule has 1 aromatic rings. The number of aliphatic imine (C=N–C) groups is 1. The molecule has 0 saturated carbocycles. The van der Waals surface area contributed by atoms with E-state index >= 15 is 0 Å². The van der Waals surface area contributed by atoms with Crippen LogP contribution in [0.25, 0.3) is 0 Å². The second-order valence-electron chi connectivity index (χ2n) is 4.16. The molecule has 106 valence electrons. The Hall–Kier alpha value is -2.50. The van der Waals surface area contributed by atoms with Crippen molar-refractivity contribution in [2.75, 3.05) is 6.54 Å². The van der Waals surface area contributed by atoms with Crippen LogP contribution >= 0.6 is 0 Å². The van der Waals surface area contributed by atoms with E-state index in [2.05, 4.69) is 4.99 Å². The van der Waals surface area contributed by atoms with Gasteiger partial charge in [0.2, 0.25) is 5.91 Å². The third-order valence-electron chi connectivity index (χ3n) is 2.57. The maximum Gasteiger partial charge on any atom is 0.254 e. The lowest BCUT2D eigenvalue weighted by Gasteiger charge is -1.97. The first-order valence-electron chi connectivity index (χ1n) is 6.33. The molecule has 0 unspecified atom stereocenters. The monoisotopic (exact) mass is 275 g/mol. The van der Waals surface area contributed by atoms with Crippen LogP contribution in [0.5, 0.6) is 0 Å². The lowest BCUT2D eigenvalue weighted by molar-refractivity contribution is -0.694. The fraction of sp³-hybridized carbons (Fsp3) is 0.286. The summed E-state index contributed by atoms with van der Waals surface area (Å²) in [5.41, 5.74) is 11.3. The van der Waals surface area contributed by atoms with E-state index in [9.17, 15) is 9.59 Å². The Balaban J connectivity index is 2.60. The molecular weight excluding hydrogens is 256 g/mol. The molecule has 2 amide bonds. The van der Waals surface area contributed by atoms with Crippen LogP contribution in [0, 0.1) is 0 Å². The van der Waals surface area contributed by atoms with Crippen molar-refractivity contribution >= 4 is 18.0 Å². The summed E-state index contributed by atoms with van der Waals surface area (Å²) in [5.74, 6) is -0.955. The summed E-state index contributed by atoms with van der Waals surface area (Å²) < 4.78 is 1.81. The average molecular weight is 275 g/mol. The topological polar surface area (TPSA) is 102 Å². The SMILES string of the molecule is CC/C=C(\C=NCC[n+]1cccc(C(N)=O)c1)C(N)=O. The number of allylic oxidation sites excluding steroid dienone is 1. The molecule has 0 radical (unpaired) electrons. The number of hydrogen-bond acceptors (Lipinski definition) is 3. The molecule has 0 spiro atoms. The largest absolute Gasteiger partial charge is 0.366 e. The number of pyridine rings is 1. The molecule has 6 heteroatoms. The third-order valence-corrected chi connectivity index (χ3v) is 2.57. The minimum absolute atomic E-state index is 0.406. The number of hydrogen-bond donors (Lipinski definition) is 2. The van der Waals surface area contributed by atoms with Crippen LogP contribution in [0.2, 0.25) is 0 Å². The van der Waals surface area contributed by atoms with Crippen molar-refractivity contribution < 1.29 is 14.2 Å². The van der Waals surface area contributed by atoms with Crippen molar-refractivity contribution in [2.45, 2.75) is 19.9 Å². The summed E-state index contributed by atoms with van der Waals surface area (Å²) in [6, 6.07) is 3.40. The molecule has 1 rings (SSSR count). The number of aromatic nitrogens is 1. The quantitative estimate of drug-likeness (QED) is 0.414. The van der Waals surface area contributed by atoms with Crippen molar-refractivity contribution in [1.82, 2.24) is 0 Å². The summed E-state index contributed by atoms with van der Waals surface area (Å²) >= 11 is 0. The highest BCUT2D eigenvalue weighted by Gasteiger charge is 2.06. The van der Waals surface area contributed by atoms with Gasteiger partial charge >= 0.3 is 0 Å². The Morgan fingerprint density at radius 1 is 1.40 bits per heavy atom. The number of nitrogens with zero attached hydrogens (tertiary/aromatic N) is 2. The zero-order valence-corrected chi connectivity index (χ0v) is 11.5. The van der Waals surface area contributed by atoms with Gasteiger partial charge in [0, 0.05) is 12.3 Å². The molecule has 0 atom stereocenters. The lowest BCUT2D eigenvalue weighted by atomic mass is 10.2. The van der Waals surface area contributed by atoms with E-state index in [0.717, 1.165) is 6.42 Å². The van der Waals surface area contributed by atoms with Gasteiger partial charge in [-0.2, -0.15) is 0 Å². The van der Waals surface area contributed by atoms with E-state index < -0.39 is 11.8 Å². The molecule has 20 heavy (non-hydrogen) atoms. The summed E-state index contributed by atoms with van der Waals surface area (Å²) in [6.07, 6.45) is 7.41. The minimum atomic E-state index is -0.487. The first kappa shape index (κ1) is 15.6. The van der Waals surface area contributed by atoms with Crippen molar-refractivity contribution in [1.29, 1.82) is 0 Å². The molecular formula is C14H19N4O2+. The Labute approximate surface area is 117 Å². The molecule has 0 fully saturated rings. The predicted octanol–water partition coefficient (Wildman–Crippen LogP) is -0.0345. The van der Waals surface area contributed by atoms with E-state index in [1.807, 2.05) is 17.7 Å². The van der Waals surface area contributed by atoms with Gasteiger partial charge in [-0.05, 0) is 12.5 Å². The molecule has 4 N–H and O–H groups in total. The van der Waals surface area contributed by atoms with Gasteiger partial charge in [-0.25, -0.2) is 4.57 Å². The van der Waals surface area contributed by atoms with Crippen molar-refractivity contribution in [3.05, 3.63) is 41.7 Å². The van der Waals surface area contributed by atoms with Gasteiger partial charge in [0.25, 0.3) is 5.91 Å². The minimum Gasteiger partial charge on any atom is -0.366 e.